The molecule has 0 saturated heterocycles. The number of methoxy groups -OCH3 is 1. The van der Waals surface area contributed by atoms with E-state index in [0.717, 1.165) is 0 Å². The molecule has 1 N–H and O–H groups in total. The van der Waals surface area contributed by atoms with Crippen molar-refractivity contribution in [2.75, 3.05) is 13.7 Å². The molecular formula is C10H12N2O4. The number of hydrogen-bond acceptors (Lipinski definition) is 5. The van der Waals surface area contributed by atoms with E-state index in [1.54, 1.807) is 6.08 Å². The lowest BCUT2D eigenvalue weighted by Crippen LogP contribution is -2.09. The average Bonchev–Trinajstić information content (AvgIpc) is 2.28. The van der Waals surface area contributed by atoms with E-state index in [1.807, 2.05) is 0 Å². The maximum atomic E-state index is 11.0. The number of aromatic nitrogens is 2. The molecular weight excluding hydrogens is 212 g/mol. The van der Waals surface area contributed by atoms with Gasteiger partial charge < -0.3 is 14.6 Å². The van der Waals surface area contributed by atoms with Crippen molar-refractivity contribution in [1.29, 1.82) is 0 Å². The summed E-state index contributed by atoms with van der Waals surface area (Å²) in [6, 6.07) is 0. The molecule has 0 saturated carbocycles. The molecule has 0 aliphatic heterocycles. The normalized spacial score (nSPS) is 9.56. The van der Waals surface area contributed by atoms with E-state index < -0.39 is 5.97 Å². The standard InChI is InChI=1S/C10H12N2O4/c1-3-4-5-16-9-7(10(13)14)8(15-2)11-6-12-9/h3,6H,1,4-5H2,2H3,(H,13,14). The molecule has 0 aliphatic rings. The van der Waals surface area contributed by atoms with E-state index in [1.165, 1.54) is 13.4 Å². The Kier molecular flexibility index (Phi) is 4.26. The van der Waals surface area contributed by atoms with Gasteiger partial charge in [0.25, 0.3) is 0 Å². The van der Waals surface area contributed by atoms with Crippen LogP contribution in [0.5, 0.6) is 11.8 Å². The summed E-state index contributed by atoms with van der Waals surface area (Å²) in [7, 11) is 1.34. The van der Waals surface area contributed by atoms with Crippen molar-refractivity contribution in [2.24, 2.45) is 0 Å². The molecule has 0 aliphatic carbocycles. The van der Waals surface area contributed by atoms with Gasteiger partial charge in [0.1, 0.15) is 6.33 Å². The van der Waals surface area contributed by atoms with E-state index in [-0.39, 0.29) is 17.3 Å². The molecule has 86 valence electrons. The Morgan fingerprint density at radius 2 is 2.25 bits per heavy atom. The molecule has 0 unspecified atom stereocenters. The first kappa shape index (κ1) is 12.0. The average molecular weight is 224 g/mol. The highest BCUT2D eigenvalue weighted by atomic mass is 16.5. The van der Waals surface area contributed by atoms with Gasteiger partial charge in [0, 0.05) is 0 Å². The lowest BCUT2D eigenvalue weighted by molar-refractivity contribution is 0.0686. The molecule has 1 rings (SSSR count). The topological polar surface area (TPSA) is 81.5 Å². The lowest BCUT2D eigenvalue weighted by atomic mass is 10.3. The van der Waals surface area contributed by atoms with Crippen LogP contribution in [0.25, 0.3) is 0 Å². The number of nitrogens with zero attached hydrogens (tertiary/aromatic N) is 2. The smallest absolute Gasteiger partial charge is 0.346 e. The van der Waals surface area contributed by atoms with E-state index >= 15 is 0 Å². The molecule has 1 heterocycles. The first-order chi connectivity index (χ1) is 7.70. The maximum absolute atomic E-state index is 11.0. The van der Waals surface area contributed by atoms with Crippen molar-refractivity contribution in [1.82, 2.24) is 9.97 Å². The fourth-order valence-electron chi connectivity index (χ4n) is 1.04. The van der Waals surface area contributed by atoms with Gasteiger partial charge in [0.15, 0.2) is 5.56 Å². The Bertz CT molecular complexity index is 392. The molecule has 1 aromatic heterocycles. The molecule has 0 amide bonds. The lowest BCUT2D eigenvalue weighted by Gasteiger charge is -2.08. The minimum absolute atomic E-state index is 0.00111. The number of carboxylic acid groups (broad SMARTS) is 1. The summed E-state index contributed by atoms with van der Waals surface area (Å²) in [5, 5.41) is 8.97. The largest absolute Gasteiger partial charge is 0.480 e. The zero-order chi connectivity index (χ0) is 12.0. The Morgan fingerprint density at radius 1 is 1.56 bits per heavy atom. The number of carboxylic acids is 1. The number of carbonyl (C=O) groups is 1. The van der Waals surface area contributed by atoms with Gasteiger partial charge in [-0.2, -0.15) is 0 Å². The summed E-state index contributed by atoms with van der Waals surface area (Å²) in [6.45, 7) is 3.84. The summed E-state index contributed by atoms with van der Waals surface area (Å²) in [5.41, 5.74) is -0.172. The quantitative estimate of drug-likeness (QED) is 0.576. The van der Waals surface area contributed by atoms with Crippen LogP contribution in [0.4, 0.5) is 0 Å². The van der Waals surface area contributed by atoms with Crippen molar-refractivity contribution in [2.45, 2.75) is 6.42 Å². The Morgan fingerprint density at radius 3 is 2.81 bits per heavy atom. The number of ether oxygens (including phenoxy) is 2. The zero-order valence-corrected chi connectivity index (χ0v) is 8.84. The highest BCUT2D eigenvalue weighted by Crippen LogP contribution is 2.23. The first-order valence-electron chi connectivity index (χ1n) is 4.56. The van der Waals surface area contributed by atoms with Crippen LogP contribution in [-0.2, 0) is 0 Å². The first-order valence-corrected chi connectivity index (χ1v) is 4.56. The van der Waals surface area contributed by atoms with Gasteiger partial charge in [-0.1, -0.05) is 6.08 Å². The van der Waals surface area contributed by atoms with Crippen LogP contribution < -0.4 is 9.47 Å². The highest BCUT2D eigenvalue weighted by molar-refractivity contribution is 5.92. The Hall–Kier alpha value is -2.11. The van der Waals surface area contributed by atoms with E-state index in [2.05, 4.69) is 16.5 Å². The Balaban J connectivity index is 2.97. The second-order valence-corrected chi connectivity index (χ2v) is 2.79. The second kappa shape index (κ2) is 5.69. The third-order valence-electron chi connectivity index (χ3n) is 1.75. The van der Waals surface area contributed by atoms with Gasteiger partial charge in [0.2, 0.25) is 11.8 Å². The van der Waals surface area contributed by atoms with Crippen molar-refractivity contribution >= 4 is 5.97 Å². The van der Waals surface area contributed by atoms with E-state index in [0.29, 0.717) is 13.0 Å². The molecule has 0 fully saturated rings. The summed E-state index contributed by atoms with van der Waals surface area (Å²) in [4.78, 5) is 18.4. The minimum atomic E-state index is -1.19. The molecule has 0 radical (unpaired) electrons. The van der Waals surface area contributed by atoms with Crippen LogP contribution in [0, 0.1) is 0 Å². The molecule has 16 heavy (non-hydrogen) atoms. The maximum Gasteiger partial charge on any atom is 0.346 e. The fraction of sp³-hybridized carbons (Fsp3) is 0.300. The molecule has 0 atom stereocenters. The van der Waals surface area contributed by atoms with Gasteiger partial charge >= 0.3 is 5.97 Å². The predicted molar refractivity (Wildman–Crippen MR) is 55.9 cm³/mol. The number of rotatable bonds is 6. The molecule has 6 heteroatoms. The van der Waals surface area contributed by atoms with Gasteiger partial charge in [-0.3, -0.25) is 0 Å². The van der Waals surface area contributed by atoms with Crippen LogP contribution in [0.3, 0.4) is 0 Å². The summed E-state index contributed by atoms with van der Waals surface area (Å²) in [5.74, 6) is -1.21. The third-order valence-corrected chi connectivity index (χ3v) is 1.75. The Labute approximate surface area is 92.6 Å². The van der Waals surface area contributed by atoms with E-state index in [4.69, 9.17) is 14.6 Å². The molecule has 0 aromatic carbocycles. The van der Waals surface area contributed by atoms with Gasteiger partial charge in [-0.15, -0.1) is 6.58 Å². The van der Waals surface area contributed by atoms with Crippen molar-refractivity contribution in [3.8, 4) is 11.8 Å². The summed E-state index contributed by atoms with van der Waals surface area (Å²) in [6.07, 6.45) is 3.46. The van der Waals surface area contributed by atoms with Crippen molar-refractivity contribution < 1.29 is 19.4 Å². The van der Waals surface area contributed by atoms with Gasteiger partial charge in [-0.05, 0) is 6.42 Å². The second-order valence-electron chi connectivity index (χ2n) is 2.79. The minimum Gasteiger partial charge on any atom is -0.480 e. The number of aromatic carboxylic acids is 1. The summed E-state index contributed by atoms with van der Waals surface area (Å²) >= 11 is 0. The monoisotopic (exact) mass is 224 g/mol. The molecule has 0 spiro atoms. The van der Waals surface area contributed by atoms with Crippen molar-refractivity contribution in [3.05, 3.63) is 24.5 Å². The zero-order valence-electron chi connectivity index (χ0n) is 8.84. The predicted octanol–water partition coefficient (Wildman–Crippen LogP) is 1.14. The van der Waals surface area contributed by atoms with Crippen LogP contribution in [0.2, 0.25) is 0 Å². The fourth-order valence-corrected chi connectivity index (χ4v) is 1.04. The molecule has 0 bridgehead atoms. The van der Waals surface area contributed by atoms with Gasteiger partial charge in [0.05, 0.1) is 13.7 Å². The number of hydrogen-bond donors (Lipinski definition) is 1. The van der Waals surface area contributed by atoms with Crippen molar-refractivity contribution in [3.63, 3.8) is 0 Å². The van der Waals surface area contributed by atoms with Crippen LogP contribution in [0.1, 0.15) is 16.8 Å². The van der Waals surface area contributed by atoms with Gasteiger partial charge in [-0.25, -0.2) is 14.8 Å². The molecule has 1 aromatic rings. The van der Waals surface area contributed by atoms with Crippen LogP contribution in [0.15, 0.2) is 19.0 Å². The van der Waals surface area contributed by atoms with Crippen LogP contribution in [-0.4, -0.2) is 34.8 Å². The van der Waals surface area contributed by atoms with Crippen LogP contribution >= 0.6 is 0 Å². The third kappa shape index (κ3) is 2.69. The highest BCUT2D eigenvalue weighted by Gasteiger charge is 2.20. The summed E-state index contributed by atoms with van der Waals surface area (Å²) < 4.78 is 10.0. The molecule has 6 nitrogen and oxygen atoms in total. The SMILES string of the molecule is C=CCCOc1ncnc(OC)c1C(=O)O. The van der Waals surface area contributed by atoms with E-state index in [9.17, 15) is 4.79 Å².